The summed E-state index contributed by atoms with van der Waals surface area (Å²) in [4.78, 5) is 4.38. The monoisotopic (exact) mass is 253 g/mol. The second-order valence-electron chi connectivity index (χ2n) is 4.12. The second kappa shape index (κ2) is 6.05. The summed E-state index contributed by atoms with van der Waals surface area (Å²) in [5.41, 5.74) is 0. The van der Waals surface area contributed by atoms with E-state index in [4.69, 9.17) is 0 Å². The van der Waals surface area contributed by atoms with Crippen molar-refractivity contribution in [2.24, 2.45) is 12.0 Å². The zero-order valence-corrected chi connectivity index (χ0v) is 11.3. The Bertz CT molecular complexity index is 399. The molecule has 0 atom stereocenters. The molecule has 0 amide bonds. The third-order valence-corrected chi connectivity index (χ3v) is 3.61. The third kappa shape index (κ3) is 3.21. The molecule has 1 aliphatic heterocycles. The van der Waals surface area contributed by atoms with E-state index >= 15 is 0 Å². The van der Waals surface area contributed by atoms with E-state index in [1.54, 1.807) is 11.8 Å². The Kier molecular flexibility index (Phi) is 4.42. The maximum absolute atomic E-state index is 4.38. The summed E-state index contributed by atoms with van der Waals surface area (Å²) in [5.74, 6) is 2.23. The van der Waals surface area contributed by atoms with E-state index in [0.29, 0.717) is 0 Å². The number of hydrogen-bond acceptors (Lipinski definition) is 5. The van der Waals surface area contributed by atoms with Crippen molar-refractivity contribution in [3.63, 3.8) is 0 Å². The topological polar surface area (TPSA) is 55.1 Å². The fourth-order valence-corrected chi connectivity index (χ4v) is 2.41. The van der Waals surface area contributed by atoms with Gasteiger partial charge in [0.05, 0.1) is 5.84 Å². The van der Waals surface area contributed by atoms with Gasteiger partial charge in [-0.05, 0) is 19.1 Å². The maximum Gasteiger partial charge on any atom is 0.190 e. The lowest BCUT2D eigenvalue weighted by atomic mass is 10.3. The number of aliphatic imine (C=N–C) groups is 1. The summed E-state index contributed by atoms with van der Waals surface area (Å²) >= 11 is 1.63. The van der Waals surface area contributed by atoms with Gasteiger partial charge in [-0.3, -0.25) is 4.99 Å². The van der Waals surface area contributed by atoms with E-state index in [2.05, 4.69) is 25.1 Å². The predicted molar refractivity (Wildman–Crippen MR) is 70.6 cm³/mol. The quantitative estimate of drug-likeness (QED) is 0.634. The van der Waals surface area contributed by atoms with Crippen molar-refractivity contribution in [1.82, 2.24) is 20.1 Å². The van der Waals surface area contributed by atoms with Crippen molar-refractivity contribution in [3.8, 4) is 0 Å². The molecular formula is C11H19N5S. The normalized spacial score (nSPS) is 15.1. The molecule has 0 unspecified atom stereocenters. The summed E-state index contributed by atoms with van der Waals surface area (Å²) in [7, 11) is 2.02. The van der Waals surface area contributed by atoms with Crippen molar-refractivity contribution < 1.29 is 0 Å². The molecule has 94 valence electrons. The Hall–Kier alpha value is -1.04. The highest BCUT2D eigenvalue weighted by atomic mass is 32.2. The Labute approximate surface area is 106 Å². The number of aryl methyl sites for hydroxylation is 1. The second-order valence-corrected chi connectivity index (χ2v) is 4.90. The van der Waals surface area contributed by atoms with Crippen LogP contribution in [0.1, 0.15) is 25.1 Å². The molecule has 0 saturated carbocycles. The molecular weight excluding hydrogens is 234 g/mol. The molecule has 0 bridgehead atoms. The van der Waals surface area contributed by atoms with Gasteiger partial charge in [0.25, 0.3) is 0 Å². The molecule has 1 aromatic heterocycles. The van der Waals surface area contributed by atoms with Crippen LogP contribution in [0.3, 0.4) is 0 Å². The van der Waals surface area contributed by atoms with Crippen molar-refractivity contribution in [2.75, 3.05) is 19.3 Å². The number of amidine groups is 1. The number of nitrogens with zero attached hydrogens (tertiary/aromatic N) is 4. The standard InChI is InChI=1S/C11H19N5S/c1-16-10(14-15-11(16)17-2)6-4-8-13-9-5-3-7-12-9/h3-8H2,1-2H3,(H,12,13). The first-order valence-electron chi connectivity index (χ1n) is 6.00. The van der Waals surface area contributed by atoms with Crippen molar-refractivity contribution >= 4 is 17.6 Å². The first-order chi connectivity index (χ1) is 8.31. The summed E-state index contributed by atoms with van der Waals surface area (Å²) in [6, 6.07) is 0. The zero-order chi connectivity index (χ0) is 12.1. The van der Waals surface area contributed by atoms with Crippen LogP contribution in [-0.2, 0) is 13.5 Å². The molecule has 0 radical (unpaired) electrons. The molecule has 17 heavy (non-hydrogen) atoms. The molecule has 2 heterocycles. The fourth-order valence-electron chi connectivity index (χ4n) is 1.90. The Balaban J connectivity index is 1.72. The van der Waals surface area contributed by atoms with Crippen LogP contribution < -0.4 is 5.32 Å². The molecule has 2 rings (SSSR count). The Morgan fingerprint density at radius 3 is 2.94 bits per heavy atom. The first kappa shape index (κ1) is 12.4. The summed E-state index contributed by atoms with van der Waals surface area (Å²) in [5, 5.41) is 12.7. The van der Waals surface area contributed by atoms with Gasteiger partial charge < -0.3 is 9.88 Å². The van der Waals surface area contributed by atoms with Crippen LogP contribution >= 0.6 is 11.8 Å². The van der Waals surface area contributed by atoms with Gasteiger partial charge in [-0.1, -0.05) is 11.8 Å². The lowest BCUT2D eigenvalue weighted by Crippen LogP contribution is -2.23. The Morgan fingerprint density at radius 2 is 2.29 bits per heavy atom. The first-order valence-corrected chi connectivity index (χ1v) is 7.23. The number of thioether (sulfide) groups is 1. The average Bonchev–Trinajstić information content (AvgIpc) is 2.95. The van der Waals surface area contributed by atoms with Crippen molar-refractivity contribution in [3.05, 3.63) is 5.82 Å². The molecule has 0 fully saturated rings. The van der Waals surface area contributed by atoms with Gasteiger partial charge in [-0.15, -0.1) is 10.2 Å². The molecule has 1 N–H and O–H groups in total. The minimum Gasteiger partial charge on any atom is -0.374 e. The van der Waals surface area contributed by atoms with E-state index < -0.39 is 0 Å². The van der Waals surface area contributed by atoms with Crippen molar-refractivity contribution in [2.45, 2.75) is 30.8 Å². The SMILES string of the molecule is CSc1nnc(CCCNC2=NCCC2)n1C. The molecule has 0 saturated heterocycles. The fraction of sp³-hybridized carbons (Fsp3) is 0.727. The molecule has 1 aliphatic rings. The van der Waals surface area contributed by atoms with Crippen LogP contribution in [0.2, 0.25) is 0 Å². The number of rotatable bonds is 5. The lowest BCUT2D eigenvalue weighted by Gasteiger charge is -2.05. The van der Waals surface area contributed by atoms with Gasteiger partial charge in [0.1, 0.15) is 5.82 Å². The van der Waals surface area contributed by atoms with Gasteiger partial charge in [-0.2, -0.15) is 0 Å². The summed E-state index contributed by atoms with van der Waals surface area (Å²) < 4.78 is 2.07. The van der Waals surface area contributed by atoms with Crippen LogP contribution in [0.15, 0.2) is 10.1 Å². The number of nitrogens with one attached hydrogen (secondary N) is 1. The average molecular weight is 253 g/mol. The minimum atomic E-state index is 0.963. The minimum absolute atomic E-state index is 0.963. The molecule has 0 spiro atoms. The molecule has 0 aliphatic carbocycles. The van der Waals surface area contributed by atoms with Crippen LogP contribution in [0.5, 0.6) is 0 Å². The highest BCUT2D eigenvalue weighted by Crippen LogP contribution is 2.12. The van der Waals surface area contributed by atoms with Crippen LogP contribution in [-0.4, -0.2) is 39.9 Å². The molecule has 0 aromatic carbocycles. The predicted octanol–water partition coefficient (Wildman–Crippen LogP) is 1.25. The van der Waals surface area contributed by atoms with E-state index in [9.17, 15) is 0 Å². The van der Waals surface area contributed by atoms with E-state index in [1.807, 2.05) is 13.3 Å². The summed E-state index contributed by atoms with van der Waals surface area (Å²) in [6.45, 7) is 1.96. The van der Waals surface area contributed by atoms with Crippen LogP contribution in [0.25, 0.3) is 0 Å². The molecule has 1 aromatic rings. The molecule has 5 nitrogen and oxygen atoms in total. The number of aromatic nitrogens is 3. The van der Waals surface area contributed by atoms with Crippen molar-refractivity contribution in [1.29, 1.82) is 0 Å². The third-order valence-electron chi connectivity index (χ3n) is 2.89. The van der Waals surface area contributed by atoms with Crippen LogP contribution in [0.4, 0.5) is 0 Å². The van der Waals surface area contributed by atoms with Gasteiger partial charge in [0.2, 0.25) is 0 Å². The summed E-state index contributed by atoms with van der Waals surface area (Å²) in [6.07, 6.45) is 6.36. The molecule has 6 heteroatoms. The Morgan fingerprint density at radius 1 is 1.41 bits per heavy atom. The highest BCUT2D eigenvalue weighted by Gasteiger charge is 2.08. The zero-order valence-electron chi connectivity index (χ0n) is 10.4. The number of hydrogen-bond donors (Lipinski definition) is 1. The lowest BCUT2D eigenvalue weighted by molar-refractivity contribution is 0.682. The van der Waals surface area contributed by atoms with Gasteiger partial charge in [0.15, 0.2) is 5.16 Å². The maximum atomic E-state index is 4.38. The largest absolute Gasteiger partial charge is 0.374 e. The van der Waals surface area contributed by atoms with Crippen LogP contribution in [0, 0.1) is 0 Å². The van der Waals surface area contributed by atoms with Gasteiger partial charge in [-0.25, -0.2) is 0 Å². The van der Waals surface area contributed by atoms with E-state index in [0.717, 1.165) is 43.3 Å². The van der Waals surface area contributed by atoms with E-state index in [-0.39, 0.29) is 0 Å². The van der Waals surface area contributed by atoms with E-state index in [1.165, 1.54) is 12.3 Å². The highest BCUT2D eigenvalue weighted by molar-refractivity contribution is 7.98. The van der Waals surface area contributed by atoms with Gasteiger partial charge >= 0.3 is 0 Å². The van der Waals surface area contributed by atoms with Gasteiger partial charge in [0, 0.05) is 33.0 Å². The smallest absolute Gasteiger partial charge is 0.190 e.